The van der Waals surface area contributed by atoms with E-state index in [9.17, 15) is 4.79 Å². The van der Waals surface area contributed by atoms with Gasteiger partial charge in [0.1, 0.15) is 0 Å². The second kappa shape index (κ2) is 5.88. The maximum absolute atomic E-state index is 12.5. The van der Waals surface area contributed by atoms with Crippen molar-refractivity contribution in [3.8, 4) is 11.4 Å². The van der Waals surface area contributed by atoms with Crippen LogP contribution in [0.5, 0.6) is 0 Å². The van der Waals surface area contributed by atoms with Gasteiger partial charge < -0.3 is 15.6 Å². The molecule has 3 N–H and O–H groups in total. The zero-order chi connectivity index (χ0) is 15.6. The van der Waals surface area contributed by atoms with Gasteiger partial charge in [0.05, 0.1) is 5.54 Å². The van der Waals surface area contributed by atoms with Crippen molar-refractivity contribution in [2.45, 2.75) is 44.6 Å². The fraction of sp³-hybridized carbons (Fsp3) is 0.438. The first-order valence-electron chi connectivity index (χ1n) is 7.58. The minimum Gasteiger partial charge on any atom is -0.339 e. The minimum absolute atomic E-state index is 0.117. The topological polar surface area (TPSA) is 94.0 Å². The standard InChI is InChI=1S/C16H20N4O2/c1-11-18-14(20-22-11)12-6-5-7-13(10-12)19-15(21)16(17)8-3-2-4-9-16/h5-7,10H,2-4,8-9,17H2,1H3,(H,19,21). The first kappa shape index (κ1) is 14.7. The van der Waals surface area contributed by atoms with Gasteiger partial charge in [0.2, 0.25) is 17.6 Å². The van der Waals surface area contributed by atoms with Crippen LogP contribution in [-0.2, 0) is 4.79 Å². The van der Waals surface area contributed by atoms with Gasteiger partial charge in [-0.05, 0) is 25.0 Å². The highest BCUT2D eigenvalue weighted by Gasteiger charge is 2.35. The van der Waals surface area contributed by atoms with E-state index in [1.165, 1.54) is 0 Å². The number of anilines is 1. The van der Waals surface area contributed by atoms with Crippen LogP contribution in [0, 0.1) is 6.92 Å². The Hall–Kier alpha value is -2.21. The predicted molar refractivity (Wildman–Crippen MR) is 83.1 cm³/mol. The molecule has 22 heavy (non-hydrogen) atoms. The molecule has 0 spiro atoms. The summed E-state index contributed by atoms with van der Waals surface area (Å²) < 4.78 is 4.98. The SMILES string of the molecule is Cc1nc(-c2cccc(NC(=O)C3(N)CCCCC3)c2)no1. The maximum atomic E-state index is 12.5. The normalized spacial score (nSPS) is 17.2. The first-order valence-corrected chi connectivity index (χ1v) is 7.58. The summed E-state index contributed by atoms with van der Waals surface area (Å²) in [5.74, 6) is 0.898. The van der Waals surface area contributed by atoms with Crippen molar-refractivity contribution in [1.29, 1.82) is 0 Å². The van der Waals surface area contributed by atoms with Crippen molar-refractivity contribution in [2.24, 2.45) is 5.73 Å². The van der Waals surface area contributed by atoms with Crippen LogP contribution in [0.1, 0.15) is 38.0 Å². The predicted octanol–water partition coefficient (Wildman–Crippen LogP) is 2.65. The summed E-state index contributed by atoms with van der Waals surface area (Å²) in [4.78, 5) is 16.6. The fourth-order valence-corrected chi connectivity index (χ4v) is 2.82. The van der Waals surface area contributed by atoms with Crippen molar-refractivity contribution in [3.63, 3.8) is 0 Å². The van der Waals surface area contributed by atoms with Gasteiger partial charge in [-0.25, -0.2) is 0 Å². The number of rotatable bonds is 3. The Morgan fingerprint density at radius 3 is 2.77 bits per heavy atom. The summed E-state index contributed by atoms with van der Waals surface area (Å²) in [6.07, 6.45) is 4.64. The highest BCUT2D eigenvalue weighted by atomic mass is 16.5. The largest absolute Gasteiger partial charge is 0.339 e. The van der Waals surface area contributed by atoms with Gasteiger partial charge in [0.15, 0.2) is 0 Å². The number of aromatic nitrogens is 2. The van der Waals surface area contributed by atoms with E-state index in [0.717, 1.165) is 37.7 Å². The van der Waals surface area contributed by atoms with E-state index >= 15 is 0 Å². The number of nitrogens with one attached hydrogen (secondary N) is 1. The Morgan fingerprint density at radius 2 is 2.09 bits per heavy atom. The summed E-state index contributed by atoms with van der Waals surface area (Å²) >= 11 is 0. The molecule has 116 valence electrons. The Morgan fingerprint density at radius 1 is 1.32 bits per heavy atom. The van der Waals surface area contributed by atoms with Crippen LogP contribution in [0.15, 0.2) is 28.8 Å². The maximum Gasteiger partial charge on any atom is 0.244 e. The molecule has 6 nitrogen and oxygen atoms in total. The van der Waals surface area contributed by atoms with Crippen LogP contribution in [0.2, 0.25) is 0 Å². The number of amides is 1. The second-order valence-corrected chi connectivity index (χ2v) is 5.89. The Kier molecular flexibility index (Phi) is 3.94. The number of nitrogens with zero attached hydrogens (tertiary/aromatic N) is 2. The number of hydrogen-bond acceptors (Lipinski definition) is 5. The zero-order valence-electron chi connectivity index (χ0n) is 12.6. The summed E-state index contributed by atoms with van der Waals surface area (Å²) in [5, 5.41) is 6.81. The highest BCUT2D eigenvalue weighted by Crippen LogP contribution is 2.28. The van der Waals surface area contributed by atoms with Crippen LogP contribution in [0.3, 0.4) is 0 Å². The average molecular weight is 300 g/mol. The van der Waals surface area contributed by atoms with Crippen molar-refractivity contribution in [1.82, 2.24) is 10.1 Å². The summed E-state index contributed by atoms with van der Waals surface area (Å²) in [6, 6.07) is 7.38. The van der Waals surface area contributed by atoms with Gasteiger partial charge in [-0.3, -0.25) is 4.79 Å². The molecule has 2 aromatic rings. The van der Waals surface area contributed by atoms with Crippen LogP contribution < -0.4 is 11.1 Å². The molecule has 0 radical (unpaired) electrons. The monoisotopic (exact) mass is 300 g/mol. The highest BCUT2D eigenvalue weighted by molar-refractivity contribution is 5.98. The lowest BCUT2D eigenvalue weighted by Gasteiger charge is -2.31. The molecule has 1 saturated carbocycles. The van der Waals surface area contributed by atoms with Crippen LogP contribution >= 0.6 is 0 Å². The van der Waals surface area contributed by atoms with Crippen molar-refractivity contribution < 1.29 is 9.32 Å². The quantitative estimate of drug-likeness (QED) is 0.908. The third-order valence-corrected chi connectivity index (χ3v) is 4.10. The lowest BCUT2D eigenvalue weighted by molar-refractivity contribution is -0.122. The van der Waals surface area contributed by atoms with E-state index < -0.39 is 5.54 Å². The van der Waals surface area contributed by atoms with Gasteiger partial charge in [0.25, 0.3) is 0 Å². The van der Waals surface area contributed by atoms with E-state index in [2.05, 4.69) is 15.5 Å². The van der Waals surface area contributed by atoms with Gasteiger partial charge >= 0.3 is 0 Å². The van der Waals surface area contributed by atoms with E-state index in [4.69, 9.17) is 10.3 Å². The lowest BCUT2D eigenvalue weighted by atomic mass is 9.82. The molecule has 0 unspecified atom stereocenters. The van der Waals surface area contributed by atoms with Gasteiger partial charge in [0, 0.05) is 18.2 Å². The third-order valence-electron chi connectivity index (χ3n) is 4.10. The number of aryl methyl sites for hydroxylation is 1. The van der Waals surface area contributed by atoms with Crippen molar-refractivity contribution >= 4 is 11.6 Å². The van der Waals surface area contributed by atoms with Gasteiger partial charge in [-0.15, -0.1) is 0 Å². The molecule has 1 fully saturated rings. The average Bonchev–Trinajstić information content (AvgIpc) is 2.95. The molecule has 1 heterocycles. The van der Waals surface area contributed by atoms with E-state index in [0.29, 0.717) is 17.4 Å². The molecule has 1 amide bonds. The van der Waals surface area contributed by atoms with Gasteiger partial charge in [-0.1, -0.05) is 36.6 Å². The minimum atomic E-state index is -0.753. The number of benzene rings is 1. The van der Waals surface area contributed by atoms with Crippen molar-refractivity contribution in [3.05, 3.63) is 30.2 Å². The molecule has 1 aliphatic rings. The van der Waals surface area contributed by atoms with E-state index in [1.807, 2.05) is 24.3 Å². The summed E-state index contributed by atoms with van der Waals surface area (Å²) in [6.45, 7) is 1.74. The Labute approximate surface area is 129 Å². The summed E-state index contributed by atoms with van der Waals surface area (Å²) in [5.41, 5.74) is 6.99. The number of nitrogens with two attached hydrogens (primary N) is 1. The number of carbonyl (C=O) groups is 1. The molecule has 1 aromatic heterocycles. The second-order valence-electron chi connectivity index (χ2n) is 5.89. The molecule has 1 aliphatic carbocycles. The lowest BCUT2D eigenvalue weighted by Crippen LogP contribution is -2.52. The fourth-order valence-electron chi connectivity index (χ4n) is 2.82. The molecular weight excluding hydrogens is 280 g/mol. The summed E-state index contributed by atoms with van der Waals surface area (Å²) in [7, 11) is 0. The number of hydrogen-bond donors (Lipinski definition) is 2. The van der Waals surface area contributed by atoms with Crippen LogP contribution in [-0.4, -0.2) is 21.6 Å². The van der Waals surface area contributed by atoms with Crippen LogP contribution in [0.4, 0.5) is 5.69 Å². The molecule has 0 aliphatic heterocycles. The smallest absolute Gasteiger partial charge is 0.244 e. The van der Waals surface area contributed by atoms with E-state index in [1.54, 1.807) is 6.92 Å². The molecule has 1 aromatic carbocycles. The van der Waals surface area contributed by atoms with Gasteiger partial charge in [-0.2, -0.15) is 4.98 Å². The molecule has 6 heteroatoms. The first-order chi connectivity index (χ1) is 10.6. The third kappa shape index (κ3) is 3.01. The Balaban J connectivity index is 1.76. The molecule has 0 atom stereocenters. The number of carbonyl (C=O) groups excluding carboxylic acids is 1. The molecular formula is C16H20N4O2. The Bertz CT molecular complexity index is 674. The van der Waals surface area contributed by atoms with E-state index in [-0.39, 0.29) is 5.91 Å². The molecule has 0 saturated heterocycles. The zero-order valence-corrected chi connectivity index (χ0v) is 12.6. The molecule has 3 rings (SSSR count). The molecule has 0 bridgehead atoms. The van der Waals surface area contributed by atoms with Crippen LogP contribution in [0.25, 0.3) is 11.4 Å². The van der Waals surface area contributed by atoms with Crippen molar-refractivity contribution in [2.75, 3.05) is 5.32 Å².